The molecule has 0 saturated carbocycles. The Morgan fingerprint density at radius 2 is 1.65 bits per heavy atom. The summed E-state index contributed by atoms with van der Waals surface area (Å²) >= 11 is 0. The molecule has 40 heavy (non-hydrogen) atoms. The predicted molar refractivity (Wildman–Crippen MR) is 158 cm³/mol. The van der Waals surface area contributed by atoms with Crippen molar-refractivity contribution in [3.63, 3.8) is 0 Å². The maximum absolute atomic E-state index is 13.9. The van der Waals surface area contributed by atoms with Gasteiger partial charge in [0.2, 0.25) is 11.8 Å². The van der Waals surface area contributed by atoms with E-state index in [2.05, 4.69) is 5.32 Å². The standard InChI is InChI=1S/C31H39N3O5S/c1-5-7-20-32-31(36)25(4)33(22-26-13-11-12-24(3)21-26)30(35)23-34(27-14-9-8-10-15-27)40(37,38)29-18-16-28(17-19-29)39-6-2/h8-19,21,25H,5-7,20,22-23H2,1-4H3,(H,32,36)/t25-/m0/s1. The number of ether oxygens (including phenoxy) is 1. The van der Waals surface area contributed by atoms with Crippen LogP contribution in [0.1, 0.15) is 44.7 Å². The van der Waals surface area contributed by atoms with Crippen LogP contribution in [0.25, 0.3) is 0 Å². The number of sulfonamides is 1. The molecule has 0 fully saturated rings. The minimum atomic E-state index is -4.13. The highest BCUT2D eigenvalue weighted by atomic mass is 32.2. The Bertz CT molecular complexity index is 1360. The summed E-state index contributed by atoms with van der Waals surface area (Å²) in [6.45, 7) is 8.16. The van der Waals surface area contributed by atoms with Crippen LogP contribution in [0.15, 0.2) is 83.8 Å². The molecule has 0 unspecified atom stereocenters. The van der Waals surface area contributed by atoms with E-state index in [9.17, 15) is 18.0 Å². The number of unbranched alkanes of at least 4 members (excludes halogenated alkanes) is 1. The number of amides is 2. The molecule has 0 heterocycles. The molecule has 0 aliphatic carbocycles. The summed E-state index contributed by atoms with van der Waals surface area (Å²) in [7, 11) is -4.13. The van der Waals surface area contributed by atoms with Gasteiger partial charge >= 0.3 is 0 Å². The van der Waals surface area contributed by atoms with Gasteiger partial charge in [0.25, 0.3) is 10.0 Å². The van der Waals surface area contributed by atoms with Crippen LogP contribution >= 0.6 is 0 Å². The van der Waals surface area contributed by atoms with Crippen molar-refractivity contribution in [1.82, 2.24) is 10.2 Å². The Morgan fingerprint density at radius 1 is 0.950 bits per heavy atom. The molecule has 1 N–H and O–H groups in total. The highest BCUT2D eigenvalue weighted by Crippen LogP contribution is 2.26. The van der Waals surface area contributed by atoms with Crippen molar-refractivity contribution in [1.29, 1.82) is 0 Å². The third-order valence-electron chi connectivity index (χ3n) is 6.48. The molecule has 0 saturated heterocycles. The lowest BCUT2D eigenvalue weighted by Crippen LogP contribution is -2.51. The molecule has 9 heteroatoms. The molecular formula is C31H39N3O5S. The maximum Gasteiger partial charge on any atom is 0.264 e. The van der Waals surface area contributed by atoms with Gasteiger partial charge in [-0.05, 0) is 69.2 Å². The van der Waals surface area contributed by atoms with E-state index in [4.69, 9.17) is 4.74 Å². The van der Waals surface area contributed by atoms with Gasteiger partial charge in [0.05, 0.1) is 17.2 Å². The molecule has 3 aromatic rings. The summed E-state index contributed by atoms with van der Waals surface area (Å²) in [6, 6.07) is 21.5. The summed E-state index contributed by atoms with van der Waals surface area (Å²) < 4.78 is 34.3. The Balaban J connectivity index is 1.97. The first-order chi connectivity index (χ1) is 19.2. The van der Waals surface area contributed by atoms with Crippen molar-refractivity contribution < 1.29 is 22.7 Å². The highest BCUT2D eigenvalue weighted by Gasteiger charge is 2.32. The zero-order valence-electron chi connectivity index (χ0n) is 23.7. The van der Waals surface area contributed by atoms with Crippen LogP contribution in [-0.4, -0.2) is 50.9 Å². The lowest BCUT2D eigenvalue weighted by molar-refractivity contribution is -0.139. The normalized spacial score (nSPS) is 11.9. The van der Waals surface area contributed by atoms with Crippen molar-refractivity contribution in [2.45, 2.75) is 58.0 Å². The number of rotatable bonds is 14. The van der Waals surface area contributed by atoms with Crippen LogP contribution in [0.5, 0.6) is 5.75 Å². The number of hydrogen-bond donors (Lipinski definition) is 1. The molecule has 0 radical (unpaired) electrons. The van der Waals surface area contributed by atoms with Gasteiger partial charge in [0.15, 0.2) is 0 Å². The average Bonchev–Trinajstić information content (AvgIpc) is 2.95. The van der Waals surface area contributed by atoms with E-state index in [1.807, 2.05) is 45.0 Å². The van der Waals surface area contributed by atoms with E-state index in [0.717, 1.165) is 28.3 Å². The van der Waals surface area contributed by atoms with Gasteiger partial charge < -0.3 is 15.0 Å². The molecule has 8 nitrogen and oxygen atoms in total. The number of carbonyl (C=O) groups is 2. The smallest absolute Gasteiger partial charge is 0.264 e. The van der Waals surface area contributed by atoms with Crippen molar-refractivity contribution in [3.8, 4) is 5.75 Å². The molecule has 0 spiro atoms. The molecule has 0 aromatic heterocycles. The number of para-hydroxylation sites is 1. The highest BCUT2D eigenvalue weighted by molar-refractivity contribution is 7.92. The summed E-state index contributed by atoms with van der Waals surface area (Å²) in [6.07, 6.45) is 1.75. The second kappa shape index (κ2) is 14.5. The zero-order chi connectivity index (χ0) is 29.1. The number of benzene rings is 3. The van der Waals surface area contributed by atoms with Crippen LogP contribution in [-0.2, 0) is 26.2 Å². The van der Waals surface area contributed by atoms with Gasteiger partial charge in [-0.1, -0.05) is 61.4 Å². The molecule has 0 aliphatic heterocycles. The third kappa shape index (κ3) is 8.08. The molecular weight excluding hydrogens is 526 g/mol. The predicted octanol–water partition coefficient (Wildman–Crippen LogP) is 4.92. The Labute approximate surface area is 238 Å². The Kier molecular flexibility index (Phi) is 11.1. The fourth-order valence-electron chi connectivity index (χ4n) is 4.25. The van der Waals surface area contributed by atoms with Gasteiger partial charge in [0.1, 0.15) is 18.3 Å². The lowest BCUT2D eigenvalue weighted by atomic mass is 10.1. The SMILES string of the molecule is CCCCNC(=O)[C@H](C)N(Cc1cccc(C)c1)C(=O)CN(c1ccccc1)S(=O)(=O)c1ccc(OCC)cc1. The molecule has 0 aliphatic rings. The minimum absolute atomic E-state index is 0.0307. The van der Waals surface area contributed by atoms with Crippen molar-refractivity contribution >= 4 is 27.5 Å². The van der Waals surface area contributed by atoms with E-state index in [-0.39, 0.29) is 17.3 Å². The summed E-state index contributed by atoms with van der Waals surface area (Å²) in [5.74, 6) is -0.218. The maximum atomic E-state index is 13.9. The Hall–Kier alpha value is -3.85. The molecule has 1 atom stereocenters. The average molecular weight is 566 g/mol. The number of anilines is 1. The van der Waals surface area contributed by atoms with Crippen molar-refractivity contribution in [2.75, 3.05) is 24.0 Å². The summed E-state index contributed by atoms with van der Waals surface area (Å²) in [4.78, 5) is 28.4. The molecule has 3 aromatic carbocycles. The first-order valence-electron chi connectivity index (χ1n) is 13.6. The van der Waals surface area contributed by atoms with Gasteiger partial charge in [-0.2, -0.15) is 0 Å². The minimum Gasteiger partial charge on any atom is -0.494 e. The van der Waals surface area contributed by atoms with Crippen LogP contribution in [0.3, 0.4) is 0 Å². The number of aryl methyl sites for hydroxylation is 1. The fraction of sp³-hybridized carbons (Fsp3) is 0.355. The van der Waals surface area contributed by atoms with E-state index in [1.165, 1.54) is 17.0 Å². The number of carbonyl (C=O) groups excluding carboxylic acids is 2. The second-order valence-corrected chi connectivity index (χ2v) is 11.4. The van der Waals surface area contributed by atoms with Crippen LogP contribution in [0, 0.1) is 6.92 Å². The van der Waals surface area contributed by atoms with Gasteiger partial charge in [-0.3, -0.25) is 13.9 Å². The van der Waals surface area contributed by atoms with Crippen molar-refractivity contribution in [3.05, 3.63) is 90.0 Å². The molecule has 3 rings (SSSR count). The van der Waals surface area contributed by atoms with Gasteiger partial charge in [-0.15, -0.1) is 0 Å². The number of hydrogen-bond acceptors (Lipinski definition) is 5. The number of nitrogens with one attached hydrogen (secondary N) is 1. The molecule has 214 valence electrons. The van der Waals surface area contributed by atoms with Gasteiger partial charge in [-0.25, -0.2) is 8.42 Å². The number of nitrogens with zero attached hydrogens (tertiary/aromatic N) is 2. The zero-order valence-corrected chi connectivity index (χ0v) is 24.5. The molecule has 2 amide bonds. The first kappa shape index (κ1) is 30.7. The third-order valence-corrected chi connectivity index (χ3v) is 8.27. The topological polar surface area (TPSA) is 96.0 Å². The largest absolute Gasteiger partial charge is 0.494 e. The van der Waals surface area contributed by atoms with Crippen LogP contribution in [0.4, 0.5) is 5.69 Å². The van der Waals surface area contributed by atoms with E-state index >= 15 is 0 Å². The van der Waals surface area contributed by atoms with E-state index in [0.29, 0.717) is 24.6 Å². The van der Waals surface area contributed by atoms with Crippen LogP contribution < -0.4 is 14.4 Å². The monoisotopic (exact) mass is 565 g/mol. The second-order valence-electron chi connectivity index (χ2n) is 9.58. The van der Waals surface area contributed by atoms with E-state index in [1.54, 1.807) is 49.4 Å². The lowest BCUT2D eigenvalue weighted by Gasteiger charge is -2.32. The quantitative estimate of drug-likeness (QED) is 0.280. The summed E-state index contributed by atoms with van der Waals surface area (Å²) in [5, 5.41) is 2.90. The fourth-order valence-corrected chi connectivity index (χ4v) is 5.66. The van der Waals surface area contributed by atoms with Gasteiger partial charge in [0, 0.05) is 13.1 Å². The molecule has 0 bridgehead atoms. The first-order valence-corrected chi connectivity index (χ1v) is 15.0. The van der Waals surface area contributed by atoms with E-state index < -0.39 is 28.5 Å². The van der Waals surface area contributed by atoms with Crippen LogP contribution in [0.2, 0.25) is 0 Å². The van der Waals surface area contributed by atoms with Crippen molar-refractivity contribution in [2.24, 2.45) is 0 Å². The Morgan fingerprint density at radius 3 is 2.27 bits per heavy atom. The summed E-state index contributed by atoms with van der Waals surface area (Å²) in [5.41, 5.74) is 2.22.